The van der Waals surface area contributed by atoms with Crippen molar-refractivity contribution in [3.05, 3.63) is 0 Å². The third-order valence-corrected chi connectivity index (χ3v) is 3.50. The molecule has 27 heavy (non-hydrogen) atoms. The number of hydrogen-bond donors (Lipinski definition) is 1. The van der Waals surface area contributed by atoms with Crippen LogP contribution in [0.3, 0.4) is 0 Å². The van der Waals surface area contributed by atoms with Crippen molar-refractivity contribution in [1.82, 2.24) is 4.90 Å². The molecule has 0 atom stereocenters. The smallest absolute Gasteiger partial charge is 0.0701 e. The summed E-state index contributed by atoms with van der Waals surface area (Å²) in [4.78, 5) is 2.25. The zero-order valence-electron chi connectivity index (χ0n) is 17.1. The number of nitrogens with zero attached hydrogens (tertiary/aromatic N) is 1. The highest BCUT2D eigenvalue weighted by Gasteiger charge is 2.05. The van der Waals surface area contributed by atoms with Gasteiger partial charge in [0.2, 0.25) is 0 Å². The fourth-order valence-electron chi connectivity index (χ4n) is 2.01. The molecule has 0 aromatic carbocycles. The Labute approximate surface area is 163 Å². The Morgan fingerprint density at radius 3 is 1.19 bits per heavy atom. The molecule has 0 aromatic heterocycles. The highest BCUT2D eigenvalue weighted by atomic mass is 16.5. The molecule has 0 aliphatic rings. The summed E-state index contributed by atoms with van der Waals surface area (Å²) >= 11 is 0. The average molecular weight is 398 g/mol. The van der Waals surface area contributed by atoms with Gasteiger partial charge in [0.1, 0.15) is 0 Å². The maximum Gasteiger partial charge on any atom is 0.0701 e. The Kier molecular flexibility index (Phi) is 23.4. The van der Waals surface area contributed by atoms with Crippen molar-refractivity contribution in [1.29, 1.82) is 0 Å². The standard InChI is InChI=1S/C18H39NO8/c1-21-11-13-23-7-3-19(4-8-24-14-12-22-2)5-9-25-15-17-27-18-16-26-10-6-20/h20H,3-18H2,1-2H3. The first-order chi connectivity index (χ1) is 13.3. The van der Waals surface area contributed by atoms with Crippen LogP contribution in [0.25, 0.3) is 0 Å². The first-order valence-electron chi connectivity index (χ1n) is 9.55. The minimum absolute atomic E-state index is 0.0362. The van der Waals surface area contributed by atoms with Crippen LogP contribution in [-0.2, 0) is 33.2 Å². The topological polar surface area (TPSA) is 88.1 Å². The summed E-state index contributed by atoms with van der Waals surface area (Å²) in [5.41, 5.74) is 0. The number of ether oxygens (including phenoxy) is 7. The first kappa shape index (κ1) is 26.6. The number of aliphatic hydroxyl groups excluding tert-OH is 1. The molecule has 0 aliphatic heterocycles. The van der Waals surface area contributed by atoms with Crippen LogP contribution in [0.2, 0.25) is 0 Å². The van der Waals surface area contributed by atoms with Gasteiger partial charge in [0.25, 0.3) is 0 Å². The summed E-state index contributed by atoms with van der Waals surface area (Å²) in [6, 6.07) is 0. The van der Waals surface area contributed by atoms with Crippen LogP contribution >= 0.6 is 0 Å². The van der Waals surface area contributed by atoms with Crippen LogP contribution in [0.4, 0.5) is 0 Å². The van der Waals surface area contributed by atoms with Gasteiger partial charge in [0.15, 0.2) is 0 Å². The molecule has 0 spiro atoms. The normalized spacial score (nSPS) is 11.6. The van der Waals surface area contributed by atoms with E-state index in [-0.39, 0.29) is 6.61 Å². The highest BCUT2D eigenvalue weighted by Crippen LogP contribution is 1.92. The van der Waals surface area contributed by atoms with Crippen molar-refractivity contribution < 1.29 is 38.3 Å². The monoisotopic (exact) mass is 397 g/mol. The predicted molar refractivity (Wildman–Crippen MR) is 101 cm³/mol. The van der Waals surface area contributed by atoms with Gasteiger partial charge in [0, 0.05) is 33.9 Å². The fraction of sp³-hybridized carbons (Fsp3) is 1.00. The van der Waals surface area contributed by atoms with Gasteiger partial charge in [-0.15, -0.1) is 0 Å². The average Bonchev–Trinajstić information content (AvgIpc) is 2.68. The first-order valence-corrected chi connectivity index (χ1v) is 9.55. The molecule has 1 N–H and O–H groups in total. The second-order valence-corrected chi connectivity index (χ2v) is 5.61. The van der Waals surface area contributed by atoms with Crippen LogP contribution in [0.5, 0.6) is 0 Å². The highest BCUT2D eigenvalue weighted by molar-refractivity contribution is 4.57. The zero-order valence-corrected chi connectivity index (χ0v) is 17.1. The Morgan fingerprint density at radius 2 is 0.815 bits per heavy atom. The van der Waals surface area contributed by atoms with Crippen molar-refractivity contribution in [3.8, 4) is 0 Å². The van der Waals surface area contributed by atoms with Crippen molar-refractivity contribution in [2.75, 3.05) is 120 Å². The van der Waals surface area contributed by atoms with Gasteiger partial charge in [0.05, 0.1) is 85.9 Å². The third-order valence-electron chi connectivity index (χ3n) is 3.50. The van der Waals surface area contributed by atoms with Crippen molar-refractivity contribution in [2.45, 2.75) is 0 Å². The summed E-state index contributed by atoms with van der Waals surface area (Å²) in [6.07, 6.45) is 0. The lowest BCUT2D eigenvalue weighted by Gasteiger charge is -2.22. The molecular formula is C18H39NO8. The summed E-state index contributed by atoms with van der Waals surface area (Å²) in [5, 5.41) is 8.58. The van der Waals surface area contributed by atoms with Crippen LogP contribution < -0.4 is 0 Å². The molecule has 0 bridgehead atoms. The van der Waals surface area contributed by atoms with Gasteiger partial charge in [-0.1, -0.05) is 0 Å². The summed E-state index contributed by atoms with van der Waals surface area (Å²) in [7, 11) is 3.33. The van der Waals surface area contributed by atoms with Crippen molar-refractivity contribution in [2.24, 2.45) is 0 Å². The number of rotatable bonds is 23. The van der Waals surface area contributed by atoms with Crippen LogP contribution in [0, 0.1) is 0 Å². The molecule has 0 rings (SSSR count). The molecule has 0 heterocycles. The van der Waals surface area contributed by atoms with Gasteiger partial charge in [-0.25, -0.2) is 0 Å². The van der Waals surface area contributed by atoms with Crippen LogP contribution in [-0.4, -0.2) is 130 Å². The van der Waals surface area contributed by atoms with Crippen molar-refractivity contribution >= 4 is 0 Å². The Hall–Kier alpha value is -0.360. The lowest BCUT2D eigenvalue weighted by atomic mass is 10.4. The van der Waals surface area contributed by atoms with Gasteiger partial charge >= 0.3 is 0 Å². The van der Waals surface area contributed by atoms with E-state index in [4.69, 9.17) is 38.3 Å². The van der Waals surface area contributed by atoms with E-state index in [0.29, 0.717) is 79.3 Å². The van der Waals surface area contributed by atoms with Crippen molar-refractivity contribution in [3.63, 3.8) is 0 Å². The molecule has 0 aromatic rings. The van der Waals surface area contributed by atoms with E-state index in [9.17, 15) is 0 Å². The summed E-state index contributed by atoms with van der Waals surface area (Å²) < 4.78 is 37.1. The minimum Gasteiger partial charge on any atom is -0.394 e. The van der Waals surface area contributed by atoms with Gasteiger partial charge < -0.3 is 38.3 Å². The molecule has 0 radical (unpaired) electrons. The molecule has 0 saturated heterocycles. The lowest BCUT2D eigenvalue weighted by molar-refractivity contribution is -0.000284. The zero-order chi connectivity index (χ0) is 19.8. The molecule has 9 nitrogen and oxygen atoms in total. The van der Waals surface area contributed by atoms with E-state index in [1.807, 2.05) is 0 Å². The number of aliphatic hydroxyl groups is 1. The van der Waals surface area contributed by atoms with Gasteiger partial charge in [-0.3, -0.25) is 4.90 Å². The molecule has 0 amide bonds. The maximum atomic E-state index is 8.58. The van der Waals surface area contributed by atoms with E-state index >= 15 is 0 Å². The van der Waals surface area contributed by atoms with Gasteiger partial charge in [-0.2, -0.15) is 0 Å². The largest absolute Gasteiger partial charge is 0.394 e. The second-order valence-electron chi connectivity index (χ2n) is 5.61. The predicted octanol–water partition coefficient (Wildman–Crippen LogP) is -0.343. The van der Waals surface area contributed by atoms with Crippen LogP contribution in [0.1, 0.15) is 0 Å². The molecule has 0 aliphatic carbocycles. The Bertz CT molecular complexity index is 260. The van der Waals surface area contributed by atoms with E-state index in [2.05, 4.69) is 4.90 Å². The quantitative estimate of drug-likeness (QED) is 0.233. The van der Waals surface area contributed by atoms with E-state index in [1.165, 1.54) is 0 Å². The van der Waals surface area contributed by atoms with E-state index < -0.39 is 0 Å². The summed E-state index contributed by atoms with van der Waals surface area (Å²) in [5.74, 6) is 0. The molecule has 164 valence electrons. The fourth-order valence-corrected chi connectivity index (χ4v) is 2.01. The molecule has 9 heteroatoms. The number of methoxy groups -OCH3 is 2. The van der Waals surface area contributed by atoms with E-state index in [1.54, 1.807) is 14.2 Å². The van der Waals surface area contributed by atoms with E-state index in [0.717, 1.165) is 19.6 Å². The Morgan fingerprint density at radius 1 is 0.481 bits per heavy atom. The SMILES string of the molecule is COCCOCCN(CCOCCOC)CCOCCOCCOCCO. The number of hydrogen-bond acceptors (Lipinski definition) is 9. The Balaban J connectivity index is 3.68. The molecular weight excluding hydrogens is 358 g/mol. The molecule has 0 saturated carbocycles. The molecule has 0 unspecified atom stereocenters. The third kappa shape index (κ3) is 21.8. The minimum atomic E-state index is 0.0362. The van der Waals surface area contributed by atoms with Gasteiger partial charge in [-0.05, 0) is 0 Å². The summed E-state index contributed by atoms with van der Waals surface area (Å²) in [6.45, 7) is 9.24. The molecule has 0 fully saturated rings. The second kappa shape index (κ2) is 23.7. The lowest BCUT2D eigenvalue weighted by Crippen LogP contribution is -2.34. The maximum absolute atomic E-state index is 8.58. The van der Waals surface area contributed by atoms with Crippen LogP contribution in [0.15, 0.2) is 0 Å².